The lowest BCUT2D eigenvalue weighted by molar-refractivity contribution is -0.125. The summed E-state index contributed by atoms with van der Waals surface area (Å²) in [5, 5.41) is 2.75. The summed E-state index contributed by atoms with van der Waals surface area (Å²) in [6.45, 7) is 4.12. The Morgan fingerprint density at radius 3 is 3.07 bits per heavy atom. The molecule has 78 valence electrons. The Labute approximate surface area is 85.6 Å². The number of morpholine rings is 1. The summed E-state index contributed by atoms with van der Waals surface area (Å²) < 4.78 is 5.20. The summed E-state index contributed by atoms with van der Waals surface area (Å²) in [6.07, 6.45) is 8.56. The van der Waals surface area contributed by atoms with Gasteiger partial charge in [-0.15, -0.1) is 0 Å². The van der Waals surface area contributed by atoms with Gasteiger partial charge in [0.1, 0.15) is 5.76 Å². The molecule has 1 fully saturated rings. The molecule has 1 saturated heterocycles. The number of amides is 1. The van der Waals surface area contributed by atoms with Crippen LogP contribution in [0.25, 0.3) is 0 Å². The van der Waals surface area contributed by atoms with E-state index in [4.69, 9.17) is 4.74 Å². The molecule has 1 aliphatic heterocycles. The molecule has 0 aromatic heterocycles. The Kier molecular flexibility index (Phi) is 3.98. The fraction of sp³-hybridized carbons (Fsp3) is 0.364. The second kappa shape index (κ2) is 5.27. The van der Waals surface area contributed by atoms with E-state index in [1.54, 1.807) is 0 Å². The normalized spacial score (nSPS) is 18.6. The average molecular weight is 195 g/mol. The molecular weight excluding hydrogens is 178 g/mol. The first-order chi connectivity index (χ1) is 6.86. The van der Waals surface area contributed by atoms with Crippen molar-refractivity contribution in [2.75, 3.05) is 6.61 Å². The molecule has 1 aliphatic carbocycles. The van der Waals surface area contributed by atoms with Crippen molar-refractivity contribution in [1.82, 2.24) is 5.32 Å². The first-order valence-electron chi connectivity index (χ1n) is 4.86. The lowest BCUT2D eigenvalue weighted by Gasteiger charge is -2.19. The van der Waals surface area contributed by atoms with Crippen molar-refractivity contribution in [2.24, 2.45) is 0 Å². The summed E-state index contributed by atoms with van der Waals surface area (Å²) in [6, 6.07) is 0. The molecule has 0 saturated carbocycles. The zero-order chi connectivity index (χ0) is 10.4. The summed E-state index contributed by atoms with van der Waals surface area (Å²) >= 11 is 0. The number of rotatable bonds is 0. The van der Waals surface area contributed by atoms with Gasteiger partial charge in [-0.25, -0.2) is 0 Å². The van der Waals surface area contributed by atoms with E-state index in [-0.39, 0.29) is 13.9 Å². The summed E-state index contributed by atoms with van der Waals surface area (Å²) in [4.78, 5) is 10.9. The van der Waals surface area contributed by atoms with Crippen LogP contribution in [0.4, 0.5) is 0 Å². The van der Waals surface area contributed by atoms with Gasteiger partial charge in [0.25, 0.3) is 5.91 Å². The number of hydrogen-bond acceptors (Lipinski definition) is 2. The van der Waals surface area contributed by atoms with Gasteiger partial charge in [0.2, 0.25) is 0 Å². The zero-order valence-electron chi connectivity index (χ0n) is 8.54. The Hall–Kier alpha value is -1.51. The van der Waals surface area contributed by atoms with E-state index in [9.17, 15) is 4.79 Å². The highest BCUT2D eigenvalue weighted by molar-refractivity contribution is 5.81. The van der Waals surface area contributed by atoms with E-state index in [1.165, 1.54) is 0 Å². The quantitative estimate of drug-likeness (QED) is 0.643. The molecular formula is C11H17NO2. The lowest BCUT2D eigenvalue weighted by atomic mass is 10.3. The number of allylic oxidation sites excluding steroid dienone is 4. The first-order valence-corrected chi connectivity index (χ1v) is 4.86. The van der Waals surface area contributed by atoms with Crippen LogP contribution in [0.15, 0.2) is 35.8 Å². The Balaban J connectivity index is 0.000000617. The van der Waals surface area contributed by atoms with E-state index in [2.05, 4.69) is 5.32 Å². The average Bonchev–Trinajstić information content (AvgIpc) is 2.45. The molecule has 0 unspecified atom stereocenters. The van der Waals surface area contributed by atoms with E-state index < -0.39 is 0 Å². The first kappa shape index (κ1) is 10.6. The smallest absolute Gasteiger partial charge is 0.262 e. The molecule has 2 rings (SSSR count). The fourth-order valence-electron chi connectivity index (χ4n) is 1.18. The predicted octanol–water partition coefficient (Wildman–Crippen LogP) is 2.13. The Morgan fingerprint density at radius 2 is 2.29 bits per heavy atom. The van der Waals surface area contributed by atoms with Gasteiger partial charge < -0.3 is 10.1 Å². The van der Waals surface area contributed by atoms with E-state index in [1.807, 2.05) is 38.2 Å². The SMILES string of the molecule is CC.O=C1COC2=CC=CCC=C2N1.[HH]. The number of carbonyl (C=O) groups excluding carboxylic acids is 1. The van der Waals surface area contributed by atoms with E-state index >= 15 is 0 Å². The maximum Gasteiger partial charge on any atom is 0.262 e. The number of nitrogens with one attached hydrogen (secondary N) is 1. The highest BCUT2D eigenvalue weighted by Crippen LogP contribution is 2.16. The van der Waals surface area contributed by atoms with Gasteiger partial charge in [-0.1, -0.05) is 32.1 Å². The van der Waals surface area contributed by atoms with Crippen molar-refractivity contribution in [2.45, 2.75) is 20.3 Å². The predicted molar refractivity (Wildman–Crippen MR) is 57.5 cm³/mol. The molecule has 0 aromatic carbocycles. The maximum atomic E-state index is 10.9. The highest BCUT2D eigenvalue weighted by Gasteiger charge is 2.17. The minimum absolute atomic E-state index is 0. The topological polar surface area (TPSA) is 38.3 Å². The minimum atomic E-state index is -0.0831. The van der Waals surface area contributed by atoms with Crippen LogP contribution >= 0.6 is 0 Å². The Bertz CT molecular complexity index is 306. The lowest BCUT2D eigenvalue weighted by Crippen LogP contribution is -2.33. The molecule has 1 heterocycles. The molecule has 3 heteroatoms. The second-order valence-corrected chi connectivity index (χ2v) is 2.65. The molecule has 2 aliphatic rings. The molecule has 0 spiro atoms. The van der Waals surface area contributed by atoms with Crippen LogP contribution in [0.5, 0.6) is 0 Å². The number of ether oxygens (including phenoxy) is 1. The van der Waals surface area contributed by atoms with Crippen LogP contribution in [0.3, 0.4) is 0 Å². The largest absolute Gasteiger partial charge is 0.482 e. The van der Waals surface area contributed by atoms with Crippen molar-refractivity contribution in [3.8, 4) is 0 Å². The van der Waals surface area contributed by atoms with Crippen molar-refractivity contribution in [3.63, 3.8) is 0 Å². The summed E-state index contributed by atoms with van der Waals surface area (Å²) in [7, 11) is 0. The van der Waals surface area contributed by atoms with Crippen LogP contribution in [0.1, 0.15) is 21.7 Å². The summed E-state index contributed by atoms with van der Waals surface area (Å²) in [5.74, 6) is 0.670. The van der Waals surface area contributed by atoms with Gasteiger partial charge in [-0.3, -0.25) is 4.79 Å². The monoisotopic (exact) mass is 195 g/mol. The van der Waals surface area contributed by atoms with Gasteiger partial charge in [-0.2, -0.15) is 0 Å². The van der Waals surface area contributed by atoms with Crippen LogP contribution in [0.2, 0.25) is 0 Å². The van der Waals surface area contributed by atoms with Gasteiger partial charge >= 0.3 is 0 Å². The van der Waals surface area contributed by atoms with Gasteiger partial charge in [-0.05, 0) is 12.5 Å². The van der Waals surface area contributed by atoms with E-state index in [0.717, 1.165) is 17.9 Å². The van der Waals surface area contributed by atoms with Crippen LogP contribution < -0.4 is 5.32 Å². The fourth-order valence-corrected chi connectivity index (χ4v) is 1.18. The summed E-state index contributed by atoms with van der Waals surface area (Å²) in [5.41, 5.74) is 0.788. The molecule has 0 atom stereocenters. The number of fused-ring (bicyclic) bond motifs is 1. The molecule has 0 aromatic rings. The van der Waals surface area contributed by atoms with Crippen molar-refractivity contribution >= 4 is 5.91 Å². The van der Waals surface area contributed by atoms with Crippen molar-refractivity contribution in [1.29, 1.82) is 0 Å². The molecule has 0 radical (unpaired) electrons. The van der Waals surface area contributed by atoms with Crippen molar-refractivity contribution < 1.29 is 11.0 Å². The van der Waals surface area contributed by atoms with Crippen LogP contribution in [-0.2, 0) is 9.53 Å². The molecule has 14 heavy (non-hydrogen) atoms. The molecule has 3 nitrogen and oxygen atoms in total. The number of hydrogen-bond donors (Lipinski definition) is 1. The Morgan fingerprint density at radius 1 is 1.50 bits per heavy atom. The van der Waals surface area contributed by atoms with Crippen LogP contribution in [-0.4, -0.2) is 12.5 Å². The molecule has 1 N–H and O–H groups in total. The standard InChI is InChI=1S/C9H9NO2.C2H6.H2/c11-9-6-12-8-5-3-1-2-4-7(8)10-9;1-2;/h1,3-5H,2,6H2,(H,10,11);1-2H3;1H. The van der Waals surface area contributed by atoms with Gasteiger partial charge in [0, 0.05) is 1.43 Å². The van der Waals surface area contributed by atoms with Gasteiger partial charge in [0.15, 0.2) is 6.61 Å². The van der Waals surface area contributed by atoms with Gasteiger partial charge in [0.05, 0.1) is 5.70 Å². The highest BCUT2D eigenvalue weighted by atomic mass is 16.5. The third-order valence-electron chi connectivity index (χ3n) is 1.74. The zero-order valence-corrected chi connectivity index (χ0v) is 8.54. The molecule has 0 bridgehead atoms. The minimum Gasteiger partial charge on any atom is -0.482 e. The maximum absolute atomic E-state index is 10.9. The molecule has 1 amide bonds. The second-order valence-electron chi connectivity index (χ2n) is 2.65. The van der Waals surface area contributed by atoms with Crippen molar-refractivity contribution in [3.05, 3.63) is 35.8 Å². The van der Waals surface area contributed by atoms with Crippen LogP contribution in [0, 0.1) is 0 Å². The third kappa shape index (κ3) is 2.49. The van der Waals surface area contributed by atoms with E-state index in [0.29, 0.717) is 0 Å². The third-order valence-corrected chi connectivity index (χ3v) is 1.74. The number of carbonyl (C=O) groups is 1.